The Morgan fingerprint density at radius 1 is 1.57 bits per heavy atom. The molecule has 0 bridgehead atoms. The Kier molecular flexibility index (Phi) is 2.37. The summed E-state index contributed by atoms with van der Waals surface area (Å²) in [6, 6.07) is 0. The molecule has 0 atom stereocenters. The van der Waals surface area contributed by atoms with Gasteiger partial charge in [0.15, 0.2) is 0 Å². The second-order valence-corrected chi connectivity index (χ2v) is 2.53. The van der Waals surface area contributed by atoms with Crippen LogP contribution in [-0.2, 0) is 0 Å². The van der Waals surface area contributed by atoms with Gasteiger partial charge in [-0.05, 0) is 13.0 Å². The van der Waals surface area contributed by atoms with Gasteiger partial charge in [0, 0.05) is 0 Å². The molecule has 0 saturated heterocycles. The van der Waals surface area contributed by atoms with E-state index in [0.29, 0.717) is 6.54 Å². The van der Waals surface area contributed by atoms with Crippen LogP contribution in [0.3, 0.4) is 0 Å². The van der Waals surface area contributed by atoms with Crippen molar-refractivity contribution in [2.75, 3.05) is 6.54 Å². The van der Waals surface area contributed by atoms with Gasteiger partial charge in [0.25, 0.3) is 0 Å². The Morgan fingerprint density at radius 2 is 2.00 bits per heavy atom. The van der Waals surface area contributed by atoms with Crippen LogP contribution in [0.25, 0.3) is 0 Å². The minimum Gasteiger partial charge on any atom is -0.330 e. The highest BCUT2D eigenvalue weighted by atomic mass is 14.5. The second-order valence-electron chi connectivity index (χ2n) is 2.53. The lowest BCUT2D eigenvalue weighted by Gasteiger charge is -2.15. The zero-order valence-electron chi connectivity index (χ0n) is 5.07. The SMILES string of the molecule is [B]C(C)(C)CCN. The van der Waals surface area contributed by atoms with Crippen LogP contribution in [0.5, 0.6) is 0 Å². The predicted molar refractivity (Wildman–Crippen MR) is 33.5 cm³/mol. The van der Waals surface area contributed by atoms with Crippen LogP contribution in [0.1, 0.15) is 20.3 Å². The lowest BCUT2D eigenvalue weighted by Crippen LogP contribution is -2.09. The fourth-order valence-electron chi connectivity index (χ4n) is 0.372. The molecular weight excluding hydrogens is 84.9 g/mol. The molecule has 0 aliphatic heterocycles. The van der Waals surface area contributed by atoms with Crippen molar-refractivity contribution in [1.82, 2.24) is 0 Å². The van der Waals surface area contributed by atoms with Crippen LogP contribution in [0.15, 0.2) is 0 Å². The number of hydrogen-bond donors (Lipinski definition) is 1. The molecule has 0 spiro atoms. The monoisotopic (exact) mass is 97.1 g/mol. The number of nitrogens with two attached hydrogens (primary N) is 1. The molecule has 0 aliphatic rings. The van der Waals surface area contributed by atoms with E-state index < -0.39 is 0 Å². The highest BCUT2D eigenvalue weighted by Gasteiger charge is 2.05. The first-order valence-corrected chi connectivity index (χ1v) is 2.55. The molecule has 0 heterocycles. The van der Waals surface area contributed by atoms with Gasteiger partial charge in [0.05, 0.1) is 7.85 Å². The Morgan fingerprint density at radius 3 is 2.00 bits per heavy atom. The van der Waals surface area contributed by atoms with Crippen LogP contribution in [0.2, 0.25) is 5.31 Å². The molecule has 0 aromatic rings. The summed E-state index contributed by atoms with van der Waals surface area (Å²) in [5, 5.41) is -0.0747. The third kappa shape index (κ3) is 6.02. The Hall–Kier alpha value is 0.0249. The van der Waals surface area contributed by atoms with Gasteiger partial charge < -0.3 is 5.73 Å². The molecule has 0 aliphatic carbocycles. The minimum absolute atomic E-state index is 0.0747. The smallest absolute Gasteiger partial charge is 0.0739 e. The van der Waals surface area contributed by atoms with E-state index >= 15 is 0 Å². The van der Waals surface area contributed by atoms with E-state index in [2.05, 4.69) is 0 Å². The average molecular weight is 97.0 g/mol. The van der Waals surface area contributed by atoms with Gasteiger partial charge in [0.2, 0.25) is 0 Å². The van der Waals surface area contributed by atoms with Crippen LogP contribution in [-0.4, -0.2) is 14.4 Å². The van der Waals surface area contributed by atoms with Gasteiger partial charge in [-0.25, -0.2) is 0 Å². The van der Waals surface area contributed by atoms with Gasteiger partial charge in [-0.2, -0.15) is 0 Å². The number of hydrogen-bond acceptors (Lipinski definition) is 1. The fourth-order valence-corrected chi connectivity index (χ4v) is 0.372. The van der Waals surface area contributed by atoms with Crippen molar-refractivity contribution >= 4 is 7.85 Å². The van der Waals surface area contributed by atoms with E-state index in [9.17, 15) is 0 Å². The second kappa shape index (κ2) is 2.36. The maximum atomic E-state index is 5.57. The minimum atomic E-state index is -0.0747. The largest absolute Gasteiger partial charge is 0.330 e. The van der Waals surface area contributed by atoms with Crippen molar-refractivity contribution in [3.8, 4) is 0 Å². The Bertz CT molecular complexity index is 46.5. The van der Waals surface area contributed by atoms with E-state index in [1.54, 1.807) is 0 Å². The molecular formula is C5H12BN. The molecule has 40 valence electrons. The highest BCUT2D eigenvalue weighted by molar-refractivity contribution is 6.14. The van der Waals surface area contributed by atoms with Crippen molar-refractivity contribution in [3.63, 3.8) is 0 Å². The summed E-state index contributed by atoms with van der Waals surface area (Å²) in [4.78, 5) is 0. The molecule has 0 amide bonds. The summed E-state index contributed by atoms with van der Waals surface area (Å²) in [6.45, 7) is 4.63. The topological polar surface area (TPSA) is 26.0 Å². The first kappa shape index (κ1) is 7.02. The first-order chi connectivity index (χ1) is 3.06. The van der Waals surface area contributed by atoms with E-state index in [-0.39, 0.29) is 5.31 Å². The third-order valence-corrected chi connectivity index (χ3v) is 0.789. The van der Waals surface area contributed by atoms with Gasteiger partial charge >= 0.3 is 0 Å². The molecule has 7 heavy (non-hydrogen) atoms. The molecule has 0 fully saturated rings. The molecule has 2 N–H and O–H groups in total. The van der Waals surface area contributed by atoms with Crippen LogP contribution in [0, 0.1) is 0 Å². The summed E-state index contributed by atoms with van der Waals surface area (Å²) in [5.74, 6) is 0. The lowest BCUT2D eigenvalue weighted by atomic mass is 9.70. The maximum Gasteiger partial charge on any atom is 0.0739 e. The van der Waals surface area contributed by atoms with E-state index in [1.807, 2.05) is 13.8 Å². The number of rotatable bonds is 2. The third-order valence-electron chi connectivity index (χ3n) is 0.789. The van der Waals surface area contributed by atoms with Crippen LogP contribution in [0.4, 0.5) is 0 Å². The molecule has 0 rings (SSSR count). The normalized spacial score (nSPS) is 11.9. The van der Waals surface area contributed by atoms with E-state index in [4.69, 9.17) is 13.6 Å². The quantitative estimate of drug-likeness (QED) is 0.504. The summed E-state index contributed by atoms with van der Waals surface area (Å²) >= 11 is 0. The summed E-state index contributed by atoms with van der Waals surface area (Å²) in [7, 11) is 5.57. The maximum absolute atomic E-state index is 5.57. The molecule has 0 unspecified atom stereocenters. The van der Waals surface area contributed by atoms with Gasteiger partial charge in [-0.3, -0.25) is 0 Å². The molecule has 0 aromatic carbocycles. The van der Waals surface area contributed by atoms with Crippen LogP contribution < -0.4 is 5.73 Å². The van der Waals surface area contributed by atoms with Crippen molar-refractivity contribution in [1.29, 1.82) is 0 Å². The summed E-state index contributed by atoms with van der Waals surface area (Å²) in [6.07, 6.45) is 0.896. The summed E-state index contributed by atoms with van der Waals surface area (Å²) in [5.41, 5.74) is 5.23. The average Bonchev–Trinajstić information content (AvgIpc) is 1.30. The zero-order chi connectivity index (χ0) is 5.91. The molecule has 0 aromatic heterocycles. The highest BCUT2D eigenvalue weighted by Crippen LogP contribution is 2.21. The summed E-state index contributed by atoms with van der Waals surface area (Å²) < 4.78 is 0. The van der Waals surface area contributed by atoms with Gasteiger partial charge in [-0.1, -0.05) is 19.2 Å². The Labute approximate surface area is 46.7 Å². The van der Waals surface area contributed by atoms with Gasteiger partial charge in [-0.15, -0.1) is 0 Å². The van der Waals surface area contributed by atoms with E-state index in [1.165, 1.54) is 0 Å². The molecule has 2 heteroatoms. The van der Waals surface area contributed by atoms with Crippen LogP contribution >= 0.6 is 0 Å². The lowest BCUT2D eigenvalue weighted by molar-refractivity contribution is 0.622. The molecule has 1 nitrogen and oxygen atoms in total. The molecule has 0 saturated carbocycles. The van der Waals surface area contributed by atoms with Crippen molar-refractivity contribution in [2.45, 2.75) is 25.6 Å². The Balaban J connectivity index is 3.15. The predicted octanol–water partition coefficient (Wildman–Crippen LogP) is 0.702. The van der Waals surface area contributed by atoms with Crippen molar-refractivity contribution in [2.24, 2.45) is 5.73 Å². The van der Waals surface area contributed by atoms with Gasteiger partial charge in [0.1, 0.15) is 0 Å². The van der Waals surface area contributed by atoms with E-state index in [0.717, 1.165) is 6.42 Å². The van der Waals surface area contributed by atoms with Crippen molar-refractivity contribution in [3.05, 3.63) is 0 Å². The first-order valence-electron chi connectivity index (χ1n) is 2.55. The molecule has 2 radical (unpaired) electrons. The standard InChI is InChI=1S/C5H12BN/c1-5(2,6)3-4-7/h3-4,7H2,1-2H3. The van der Waals surface area contributed by atoms with Crippen molar-refractivity contribution < 1.29 is 0 Å². The fraction of sp³-hybridized carbons (Fsp3) is 1.00. The zero-order valence-corrected chi connectivity index (χ0v) is 5.07.